The van der Waals surface area contributed by atoms with Crippen LogP contribution >= 0.6 is 12.9 Å². The van der Waals surface area contributed by atoms with E-state index in [9.17, 15) is 29.4 Å². The van der Waals surface area contributed by atoms with Crippen molar-refractivity contribution in [3.8, 4) is 0 Å². The molecule has 16 nitrogen and oxygen atoms in total. The van der Waals surface area contributed by atoms with Crippen LogP contribution in [0, 0.1) is 11.8 Å². The number of fused-ring (bicyclic) bond motifs is 2. The third-order valence-electron chi connectivity index (χ3n) is 13.8. The Morgan fingerprint density at radius 3 is 2.33 bits per heavy atom. The Bertz CT molecular complexity index is 1730. The summed E-state index contributed by atoms with van der Waals surface area (Å²) >= 11 is 4.05. The molecule has 9 rings (SSSR count). The zero-order valence-corrected chi connectivity index (χ0v) is 38.1. The first kappa shape index (κ1) is 48.2. The number of aliphatic hydroxyl groups excluding tert-OH is 2. The number of carbonyl (C=O) groups excluding carboxylic acids is 4. The minimum absolute atomic E-state index is 0.0248. The SMILES string of the molecule is C=C1C[C@@H]2CCC(=O)/C=C/[C@H](O)[C@@H]3OC4CC[C@H](CC(=O)C[C@@H]5[C@@H](OC)[C@@H](C[C@H]6CN(C(=O)OC(C)(C)C)C(=O)O6)O[C@H]5C[C@H]5O[C@@H](CC[C@@H]1O2)C[C@@H](C)C5=C)O[C@@H]4[C@H](OS)[C@@H]3O. The van der Waals surface area contributed by atoms with Gasteiger partial charge < -0.3 is 52.3 Å². The number of imide groups is 1. The summed E-state index contributed by atoms with van der Waals surface area (Å²) in [6.45, 7) is 16.0. The number of thiol groups is 1. The number of ether oxygens (including phenoxy) is 8. The van der Waals surface area contributed by atoms with E-state index in [-0.39, 0.29) is 74.1 Å². The highest BCUT2D eigenvalue weighted by Crippen LogP contribution is 2.43. The molecule has 1 unspecified atom stereocenters. The first-order valence-corrected chi connectivity index (χ1v) is 23.0. The van der Waals surface area contributed by atoms with Crippen LogP contribution in [0.2, 0.25) is 0 Å². The first-order valence-electron chi connectivity index (χ1n) is 22.7. The van der Waals surface area contributed by atoms with Crippen LogP contribution in [0.4, 0.5) is 9.59 Å². The van der Waals surface area contributed by atoms with Crippen LogP contribution in [-0.2, 0) is 51.7 Å². The fourth-order valence-corrected chi connectivity index (χ4v) is 10.8. The summed E-state index contributed by atoms with van der Waals surface area (Å²) in [5, 5.41) is 22.4. The van der Waals surface area contributed by atoms with Gasteiger partial charge >= 0.3 is 12.2 Å². The van der Waals surface area contributed by atoms with Crippen molar-refractivity contribution >= 4 is 36.7 Å². The van der Waals surface area contributed by atoms with Crippen molar-refractivity contribution < 1.29 is 71.5 Å². The Morgan fingerprint density at radius 1 is 0.873 bits per heavy atom. The van der Waals surface area contributed by atoms with E-state index < -0.39 is 90.8 Å². The Morgan fingerprint density at radius 2 is 1.60 bits per heavy atom. The van der Waals surface area contributed by atoms with Crippen molar-refractivity contribution in [3.05, 3.63) is 36.5 Å². The molecule has 9 aliphatic rings. The number of ketones is 2. The van der Waals surface area contributed by atoms with Crippen molar-refractivity contribution in [3.63, 3.8) is 0 Å². The molecule has 17 atom stereocenters. The maximum absolute atomic E-state index is 14.2. The molecule has 2 N–H and O–H groups in total. The second-order valence-corrected chi connectivity index (χ2v) is 19.8. The average Bonchev–Trinajstić information content (AvgIpc) is 3.88. The molecule has 0 aliphatic carbocycles. The topological polar surface area (TPSA) is 195 Å². The summed E-state index contributed by atoms with van der Waals surface area (Å²) in [5.41, 5.74) is 1.12. The predicted octanol–water partition coefficient (Wildman–Crippen LogP) is 5.30. The molecule has 8 bridgehead atoms. The molecule has 0 aromatic rings. The number of methoxy groups -OCH3 is 1. The van der Waals surface area contributed by atoms with Gasteiger partial charge in [-0.05, 0) is 108 Å². The van der Waals surface area contributed by atoms with E-state index in [2.05, 4.69) is 33.0 Å². The largest absolute Gasteiger partial charge is 0.444 e. The highest BCUT2D eigenvalue weighted by Gasteiger charge is 2.53. The Balaban J connectivity index is 1.12. The fraction of sp³-hybridized carbons (Fsp3) is 0.783. The molecule has 0 radical (unpaired) electrons. The van der Waals surface area contributed by atoms with Crippen LogP contribution in [0.1, 0.15) is 105 Å². The minimum atomic E-state index is -1.36. The smallest absolute Gasteiger partial charge is 0.419 e. The third kappa shape index (κ3) is 11.5. The number of hydrogen-bond donors (Lipinski definition) is 3. The van der Waals surface area contributed by atoms with Crippen LogP contribution in [0.15, 0.2) is 36.5 Å². The number of rotatable bonds is 4. The van der Waals surface area contributed by atoms with Gasteiger partial charge in [0.25, 0.3) is 0 Å². The number of hydrogen-bond acceptors (Lipinski definition) is 16. The van der Waals surface area contributed by atoms with Crippen LogP contribution < -0.4 is 0 Å². The number of Topliss-reactive ketones (excluding diaryl/α,β-unsaturated/α-hetero) is 1. The minimum Gasteiger partial charge on any atom is -0.444 e. The van der Waals surface area contributed by atoms with Gasteiger partial charge in [0, 0.05) is 45.1 Å². The molecule has 0 aromatic heterocycles. The highest BCUT2D eigenvalue weighted by atomic mass is 32.1. The lowest BCUT2D eigenvalue weighted by Gasteiger charge is -2.48. The number of amides is 2. The Kier molecular flexibility index (Phi) is 15.6. The molecule has 0 saturated carbocycles. The maximum Gasteiger partial charge on any atom is 0.419 e. The van der Waals surface area contributed by atoms with Gasteiger partial charge in [-0.15, -0.1) is 0 Å². The van der Waals surface area contributed by atoms with E-state index in [0.717, 1.165) is 28.9 Å². The molecule has 352 valence electrons. The summed E-state index contributed by atoms with van der Waals surface area (Å²) in [7, 11) is 1.57. The summed E-state index contributed by atoms with van der Waals surface area (Å²) in [6, 6.07) is 0. The van der Waals surface area contributed by atoms with Gasteiger partial charge in [-0.2, -0.15) is 0 Å². The Labute approximate surface area is 375 Å². The number of aliphatic hydroxyl groups is 2. The van der Waals surface area contributed by atoms with E-state index >= 15 is 0 Å². The average molecular weight is 906 g/mol. The zero-order chi connectivity index (χ0) is 45.3. The fourth-order valence-electron chi connectivity index (χ4n) is 10.5. The van der Waals surface area contributed by atoms with Crippen LogP contribution in [0.5, 0.6) is 0 Å². The van der Waals surface area contributed by atoms with Gasteiger partial charge in [0.05, 0.1) is 61.5 Å². The zero-order valence-electron chi connectivity index (χ0n) is 37.2. The number of nitrogens with zero attached hydrogens (tertiary/aromatic N) is 1. The highest BCUT2D eigenvalue weighted by molar-refractivity contribution is 7.75. The van der Waals surface area contributed by atoms with Gasteiger partial charge in [0.15, 0.2) is 5.78 Å². The second-order valence-electron chi connectivity index (χ2n) is 19.6. The maximum atomic E-state index is 14.2. The predicted molar refractivity (Wildman–Crippen MR) is 229 cm³/mol. The molecule has 63 heavy (non-hydrogen) atoms. The van der Waals surface area contributed by atoms with E-state index in [0.29, 0.717) is 38.5 Å². The summed E-state index contributed by atoms with van der Waals surface area (Å²) in [5.74, 6) is -0.541. The van der Waals surface area contributed by atoms with E-state index in [1.54, 1.807) is 27.9 Å². The third-order valence-corrected chi connectivity index (χ3v) is 14.0. The van der Waals surface area contributed by atoms with Crippen molar-refractivity contribution in [2.24, 2.45) is 11.8 Å². The second kappa shape index (κ2) is 20.4. The summed E-state index contributed by atoms with van der Waals surface area (Å²) in [4.78, 5) is 53.8. The van der Waals surface area contributed by atoms with E-state index in [4.69, 9.17) is 42.1 Å². The van der Waals surface area contributed by atoms with Crippen molar-refractivity contribution in [2.75, 3.05) is 13.7 Å². The molecule has 0 aromatic carbocycles. The lowest BCUT2D eigenvalue weighted by molar-refractivity contribution is -0.266. The molecule has 2 amide bonds. The molecule has 6 saturated heterocycles. The van der Waals surface area contributed by atoms with Gasteiger partial charge in [0.1, 0.15) is 48.0 Å². The molecule has 0 spiro atoms. The Hall–Kier alpha value is -2.71. The lowest BCUT2D eigenvalue weighted by atomic mass is 9.81. The quantitative estimate of drug-likeness (QED) is 0.187. The molecule has 9 aliphatic heterocycles. The normalized spacial score (nSPS) is 42.6. The van der Waals surface area contributed by atoms with Crippen molar-refractivity contribution in [1.29, 1.82) is 0 Å². The standard InChI is InChI=1S/C46H67NO15S/c1-23-16-29-11-14-34-24(2)17-28(55-34)10-8-26(48)9-13-33(50)41-39(51)43(62-63)42-35(60-41)15-12-30(57-42)18-27(49)19-32-37(21-36(56-29)25(23)3)59-38(40(32)54-7)20-31-22-47(44(52)58-31)45(53)61-46(4,5)6/h9,13,23,28-43,50-51,63H,2-3,8,10-12,14-22H2,1,4-7H3/b13-9+/t23-,28+,29+,30-,31+,32+,33+,34+,35?,36-,37+,38-,39-,40-,41+,42+,43-/m1/s1. The lowest BCUT2D eigenvalue weighted by Crippen LogP contribution is -2.63. The molecule has 9 heterocycles. The van der Waals surface area contributed by atoms with Crippen LogP contribution in [0.3, 0.4) is 0 Å². The van der Waals surface area contributed by atoms with Crippen molar-refractivity contribution in [2.45, 2.75) is 202 Å². The molecular formula is C46H67NO15S. The van der Waals surface area contributed by atoms with E-state index in [1.165, 1.54) is 12.2 Å². The summed E-state index contributed by atoms with van der Waals surface area (Å²) in [6.07, 6.45) is -3.51. The van der Waals surface area contributed by atoms with Gasteiger partial charge in [0.2, 0.25) is 0 Å². The van der Waals surface area contributed by atoms with Gasteiger partial charge in [-0.1, -0.05) is 20.1 Å². The number of allylic oxidation sites excluding steroid dienone is 1. The number of cyclic esters (lactones) is 1. The van der Waals surface area contributed by atoms with Gasteiger partial charge in [-0.3, -0.25) is 9.59 Å². The van der Waals surface area contributed by atoms with Crippen LogP contribution in [-0.4, -0.2) is 150 Å². The van der Waals surface area contributed by atoms with E-state index in [1.807, 2.05) is 0 Å². The monoisotopic (exact) mass is 905 g/mol. The van der Waals surface area contributed by atoms with Crippen LogP contribution in [0.25, 0.3) is 0 Å². The summed E-state index contributed by atoms with van der Waals surface area (Å²) < 4.78 is 55.2. The van der Waals surface area contributed by atoms with Gasteiger partial charge in [-0.25, -0.2) is 14.5 Å². The molecule has 17 heteroatoms. The van der Waals surface area contributed by atoms with Crippen molar-refractivity contribution in [1.82, 2.24) is 4.90 Å². The molecule has 6 fully saturated rings. The number of carbonyl (C=O) groups is 4. The first-order chi connectivity index (χ1) is 29.9. The molecular weight excluding hydrogens is 839 g/mol.